The second kappa shape index (κ2) is 6.94. The van der Waals surface area contributed by atoms with Gasteiger partial charge in [0.25, 0.3) is 0 Å². The van der Waals surface area contributed by atoms with Gasteiger partial charge in [-0.15, -0.1) is 0 Å². The number of phenolic OH excluding ortho intramolecular Hbond substituents is 1. The maximum absolute atomic E-state index is 10.2. The van der Waals surface area contributed by atoms with Gasteiger partial charge in [-0.2, -0.15) is 0 Å². The summed E-state index contributed by atoms with van der Waals surface area (Å²) in [5.74, 6) is 1.71. The minimum atomic E-state index is -0.217. The van der Waals surface area contributed by atoms with Crippen molar-refractivity contribution in [3.63, 3.8) is 0 Å². The van der Waals surface area contributed by atoms with Crippen LogP contribution in [0, 0.1) is 12.3 Å². The molecule has 160 valence electrons. The molecule has 1 saturated carbocycles. The van der Waals surface area contributed by atoms with Crippen molar-refractivity contribution in [3.05, 3.63) is 53.9 Å². The van der Waals surface area contributed by atoms with E-state index in [1.807, 2.05) is 25.1 Å². The normalized spacial score (nSPS) is 24.4. The second-order valence-electron chi connectivity index (χ2n) is 9.60. The number of hydrogen-bond acceptors (Lipinski definition) is 6. The number of hydrogen-bond donors (Lipinski definition) is 1. The van der Waals surface area contributed by atoms with Gasteiger partial charge in [-0.3, -0.25) is 4.98 Å². The van der Waals surface area contributed by atoms with Crippen molar-refractivity contribution in [2.24, 2.45) is 10.4 Å². The molecule has 2 atom stereocenters. The Labute approximate surface area is 182 Å². The van der Waals surface area contributed by atoms with Crippen LogP contribution in [-0.2, 0) is 4.74 Å². The predicted molar refractivity (Wildman–Crippen MR) is 120 cm³/mol. The Kier molecular flexibility index (Phi) is 4.43. The molecule has 0 saturated heterocycles. The SMILES string of the molecule is Cc1cc(O)c2nc(Oc3ccnc(C4=N[C@@]5(C)CCCC(C)(C)[C@@H]5O4)c3)ccc2c1. The van der Waals surface area contributed by atoms with Gasteiger partial charge in [0, 0.05) is 29.1 Å². The summed E-state index contributed by atoms with van der Waals surface area (Å²) in [4.78, 5) is 13.9. The number of aromatic nitrogens is 2. The molecule has 1 aromatic carbocycles. The molecular formula is C25H27N3O3. The highest BCUT2D eigenvalue weighted by atomic mass is 16.5. The third-order valence-corrected chi connectivity index (χ3v) is 6.43. The molecular weight excluding hydrogens is 390 g/mol. The Morgan fingerprint density at radius 1 is 1.10 bits per heavy atom. The van der Waals surface area contributed by atoms with Crippen LogP contribution < -0.4 is 4.74 Å². The Morgan fingerprint density at radius 2 is 1.94 bits per heavy atom. The van der Waals surface area contributed by atoms with Gasteiger partial charge in [0.05, 0.1) is 5.54 Å². The van der Waals surface area contributed by atoms with E-state index in [0.29, 0.717) is 28.7 Å². The summed E-state index contributed by atoms with van der Waals surface area (Å²) in [6.07, 6.45) is 5.03. The minimum absolute atomic E-state index is 0.0451. The Hall–Kier alpha value is -3.15. The lowest BCUT2D eigenvalue weighted by Crippen LogP contribution is -2.48. The zero-order valence-corrected chi connectivity index (χ0v) is 18.3. The Balaban J connectivity index is 1.43. The molecule has 1 aliphatic heterocycles. The molecule has 0 bridgehead atoms. The molecule has 0 unspecified atom stereocenters. The van der Waals surface area contributed by atoms with Gasteiger partial charge >= 0.3 is 0 Å². The summed E-state index contributed by atoms with van der Waals surface area (Å²) in [7, 11) is 0. The van der Waals surface area contributed by atoms with Crippen LogP contribution in [0.1, 0.15) is 51.3 Å². The fourth-order valence-electron chi connectivity index (χ4n) is 5.01. The van der Waals surface area contributed by atoms with Crippen LogP contribution in [0.2, 0.25) is 0 Å². The molecule has 6 nitrogen and oxygen atoms in total. The number of aryl methyl sites for hydroxylation is 1. The van der Waals surface area contributed by atoms with Crippen LogP contribution in [0.3, 0.4) is 0 Å². The summed E-state index contributed by atoms with van der Waals surface area (Å²) in [6.45, 7) is 8.62. The number of rotatable bonds is 3. The lowest BCUT2D eigenvalue weighted by atomic mass is 9.67. The van der Waals surface area contributed by atoms with Crippen LogP contribution in [-0.4, -0.2) is 32.6 Å². The first-order valence-corrected chi connectivity index (χ1v) is 10.7. The first-order valence-electron chi connectivity index (χ1n) is 10.7. The Bertz CT molecular complexity index is 1200. The molecule has 0 spiro atoms. The number of nitrogens with zero attached hydrogens (tertiary/aromatic N) is 3. The molecule has 0 radical (unpaired) electrons. The van der Waals surface area contributed by atoms with Gasteiger partial charge in [0.2, 0.25) is 11.8 Å². The predicted octanol–water partition coefficient (Wildman–Crippen LogP) is 5.55. The van der Waals surface area contributed by atoms with E-state index in [0.717, 1.165) is 30.2 Å². The Morgan fingerprint density at radius 3 is 2.74 bits per heavy atom. The van der Waals surface area contributed by atoms with E-state index in [9.17, 15) is 5.11 Å². The number of pyridine rings is 2. The molecule has 0 amide bonds. The summed E-state index contributed by atoms with van der Waals surface area (Å²) >= 11 is 0. The zero-order chi connectivity index (χ0) is 21.8. The minimum Gasteiger partial charge on any atom is -0.506 e. The number of aromatic hydroxyl groups is 1. The fourth-order valence-corrected chi connectivity index (χ4v) is 5.01. The maximum atomic E-state index is 10.2. The molecule has 2 aliphatic rings. The van der Waals surface area contributed by atoms with Crippen molar-refractivity contribution >= 4 is 16.8 Å². The molecule has 2 aromatic heterocycles. The van der Waals surface area contributed by atoms with E-state index in [1.54, 1.807) is 24.4 Å². The molecule has 3 heterocycles. The van der Waals surface area contributed by atoms with Gasteiger partial charge in [0.1, 0.15) is 28.8 Å². The number of fused-ring (bicyclic) bond motifs is 2. The lowest BCUT2D eigenvalue weighted by Gasteiger charge is -2.43. The first-order chi connectivity index (χ1) is 14.7. The summed E-state index contributed by atoms with van der Waals surface area (Å²) in [5.41, 5.74) is 2.00. The van der Waals surface area contributed by atoms with Gasteiger partial charge in [-0.1, -0.05) is 20.3 Å². The van der Waals surface area contributed by atoms with Crippen molar-refractivity contribution in [2.75, 3.05) is 0 Å². The molecule has 1 N–H and O–H groups in total. The largest absolute Gasteiger partial charge is 0.506 e. The van der Waals surface area contributed by atoms with Gasteiger partial charge < -0.3 is 14.6 Å². The second-order valence-corrected chi connectivity index (χ2v) is 9.60. The third-order valence-electron chi connectivity index (χ3n) is 6.43. The third kappa shape index (κ3) is 3.50. The first kappa shape index (κ1) is 19.8. The fraction of sp³-hybridized carbons (Fsp3) is 0.400. The molecule has 1 fully saturated rings. The van der Waals surface area contributed by atoms with Crippen molar-refractivity contribution in [2.45, 2.75) is 58.6 Å². The van der Waals surface area contributed by atoms with Crippen LogP contribution in [0.25, 0.3) is 10.9 Å². The van der Waals surface area contributed by atoms with Gasteiger partial charge in [-0.05, 0) is 56.5 Å². The summed E-state index contributed by atoms with van der Waals surface area (Å²) in [5, 5.41) is 11.1. The molecule has 3 aromatic rings. The maximum Gasteiger partial charge on any atom is 0.236 e. The standard InChI is InChI=1S/C25H27N3O3/c1-15-12-16-6-7-20(27-21(16)19(29)13-15)30-17-8-11-26-18(14-17)22-28-25(4)10-5-9-24(2,3)23(25)31-22/h6-8,11-14,23,29H,5,9-10H2,1-4H3/t23-,25-/m0/s1. The van der Waals surface area contributed by atoms with E-state index < -0.39 is 0 Å². The van der Waals surface area contributed by atoms with Crippen molar-refractivity contribution in [1.82, 2.24) is 9.97 Å². The lowest BCUT2D eigenvalue weighted by molar-refractivity contribution is -0.00587. The summed E-state index contributed by atoms with van der Waals surface area (Å²) < 4.78 is 12.3. The number of aliphatic imine (C=N–C) groups is 1. The molecule has 1 aliphatic carbocycles. The van der Waals surface area contributed by atoms with Crippen LogP contribution in [0.5, 0.6) is 17.4 Å². The van der Waals surface area contributed by atoms with E-state index in [2.05, 4.69) is 30.7 Å². The highest BCUT2D eigenvalue weighted by molar-refractivity contribution is 5.94. The van der Waals surface area contributed by atoms with E-state index >= 15 is 0 Å². The summed E-state index contributed by atoms with van der Waals surface area (Å²) in [6, 6.07) is 11.0. The monoisotopic (exact) mass is 417 g/mol. The quantitative estimate of drug-likeness (QED) is 0.604. The van der Waals surface area contributed by atoms with E-state index in [1.165, 1.54) is 0 Å². The highest BCUT2D eigenvalue weighted by Gasteiger charge is 2.52. The van der Waals surface area contributed by atoms with Crippen LogP contribution in [0.15, 0.2) is 47.6 Å². The number of ether oxygens (including phenoxy) is 2. The van der Waals surface area contributed by atoms with Gasteiger partial charge in [-0.25, -0.2) is 9.98 Å². The van der Waals surface area contributed by atoms with E-state index in [-0.39, 0.29) is 22.8 Å². The van der Waals surface area contributed by atoms with Gasteiger partial charge in [0.15, 0.2) is 0 Å². The van der Waals surface area contributed by atoms with Crippen molar-refractivity contribution in [1.29, 1.82) is 0 Å². The molecule has 6 heteroatoms. The number of benzene rings is 1. The van der Waals surface area contributed by atoms with Crippen LogP contribution in [0.4, 0.5) is 0 Å². The van der Waals surface area contributed by atoms with E-state index in [4.69, 9.17) is 14.5 Å². The average molecular weight is 418 g/mol. The number of phenols is 1. The van der Waals surface area contributed by atoms with Crippen molar-refractivity contribution in [3.8, 4) is 17.4 Å². The molecule has 5 rings (SSSR count). The van der Waals surface area contributed by atoms with Crippen molar-refractivity contribution < 1.29 is 14.6 Å². The topological polar surface area (TPSA) is 76.8 Å². The van der Waals surface area contributed by atoms with Crippen LogP contribution >= 0.6 is 0 Å². The highest BCUT2D eigenvalue weighted by Crippen LogP contribution is 2.48. The molecule has 31 heavy (non-hydrogen) atoms. The smallest absolute Gasteiger partial charge is 0.236 e. The average Bonchev–Trinajstić information content (AvgIpc) is 3.08. The zero-order valence-electron chi connectivity index (χ0n) is 18.3.